The topological polar surface area (TPSA) is 89.2 Å². The molecule has 3 rings (SSSR count). The van der Waals surface area contributed by atoms with Crippen molar-refractivity contribution in [3.8, 4) is 6.01 Å². The van der Waals surface area contributed by atoms with E-state index in [-0.39, 0.29) is 6.01 Å². The summed E-state index contributed by atoms with van der Waals surface area (Å²) in [6.07, 6.45) is 2.12. The number of nitrogen functional groups attached to an aromatic ring is 1. The van der Waals surface area contributed by atoms with E-state index in [1.54, 1.807) is 0 Å². The third-order valence-corrected chi connectivity index (χ3v) is 3.36. The number of nitrogens with two attached hydrogens (primary N) is 1. The molecule has 0 radical (unpaired) electrons. The Bertz CT molecular complexity index is 633. The molecule has 0 fully saturated rings. The molecule has 21 heavy (non-hydrogen) atoms. The summed E-state index contributed by atoms with van der Waals surface area (Å²) in [6.45, 7) is 3.23. The number of hydrogen-bond donors (Lipinski definition) is 2. The molecular formula is C14H18N6O. The highest BCUT2D eigenvalue weighted by Gasteiger charge is 2.21. The Balaban J connectivity index is 2.02. The molecule has 7 nitrogen and oxygen atoms in total. The van der Waals surface area contributed by atoms with Crippen molar-refractivity contribution in [1.29, 1.82) is 0 Å². The SMILES string of the molecule is CCOc1nc(NN)nc(N2CCCc3ccccc32)n1. The Morgan fingerprint density at radius 3 is 2.95 bits per heavy atom. The molecule has 0 bridgehead atoms. The first-order valence-corrected chi connectivity index (χ1v) is 7.02. The number of aryl methyl sites for hydroxylation is 1. The Hall–Kier alpha value is -2.41. The lowest BCUT2D eigenvalue weighted by molar-refractivity contribution is 0.312. The van der Waals surface area contributed by atoms with Crippen molar-refractivity contribution in [2.24, 2.45) is 5.84 Å². The molecule has 1 aromatic heterocycles. The maximum Gasteiger partial charge on any atom is 0.323 e. The molecule has 1 aliphatic heterocycles. The summed E-state index contributed by atoms with van der Waals surface area (Å²) in [5.74, 6) is 6.28. The predicted octanol–water partition coefficient (Wildman–Crippen LogP) is 1.64. The van der Waals surface area contributed by atoms with Crippen LogP contribution in [0.1, 0.15) is 18.9 Å². The van der Waals surface area contributed by atoms with Crippen LogP contribution in [0, 0.1) is 0 Å². The Morgan fingerprint density at radius 2 is 2.14 bits per heavy atom. The average molecular weight is 286 g/mol. The lowest BCUT2D eigenvalue weighted by Gasteiger charge is -2.29. The largest absolute Gasteiger partial charge is 0.464 e. The van der Waals surface area contributed by atoms with Gasteiger partial charge in [-0.3, -0.25) is 5.43 Å². The standard InChI is InChI=1S/C14H18N6O/c1-2-21-14-17-12(19-15)16-13(18-14)20-9-5-7-10-6-3-4-8-11(10)20/h3-4,6,8H,2,5,7,9,15H2,1H3,(H,16,17,18,19). The molecule has 0 unspecified atom stereocenters. The Kier molecular flexibility index (Phi) is 3.83. The van der Waals surface area contributed by atoms with Crippen molar-refractivity contribution >= 4 is 17.6 Å². The van der Waals surface area contributed by atoms with Gasteiger partial charge in [0.2, 0.25) is 11.9 Å². The van der Waals surface area contributed by atoms with Gasteiger partial charge in [-0.25, -0.2) is 5.84 Å². The third-order valence-electron chi connectivity index (χ3n) is 3.36. The zero-order valence-corrected chi connectivity index (χ0v) is 11.9. The summed E-state index contributed by atoms with van der Waals surface area (Å²) in [4.78, 5) is 14.9. The van der Waals surface area contributed by atoms with Crippen molar-refractivity contribution in [3.63, 3.8) is 0 Å². The molecular weight excluding hydrogens is 268 g/mol. The van der Waals surface area contributed by atoms with Crippen LogP contribution in [0.4, 0.5) is 17.6 Å². The number of benzene rings is 1. The molecule has 0 atom stereocenters. The van der Waals surface area contributed by atoms with Crippen molar-refractivity contribution in [3.05, 3.63) is 29.8 Å². The second kappa shape index (κ2) is 5.92. The second-order valence-corrected chi connectivity index (χ2v) is 4.70. The monoisotopic (exact) mass is 286 g/mol. The predicted molar refractivity (Wildman–Crippen MR) is 80.6 cm³/mol. The molecule has 0 aliphatic carbocycles. The number of para-hydroxylation sites is 1. The number of hydrogen-bond acceptors (Lipinski definition) is 7. The molecule has 1 aromatic carbocycles. The van der Waals surface area contributed by atoms with E-state index in [1.165, 1.54) is 5.56 Å². The Morgan fingerprint density at radius 1 is 1.29 bits per heavy atom. The van der Waals surface area contributed by atoms with E-state index in [2.05, 4.69) is 37.4 Å². The van der Waals surface area contributed by atoms with Crippen LogP contribution in [-0.2, 0) is 6.42 Å². The lowest BCUT2D eigenvalue weighted by atomic mass is 10.0. The molecule has 2 aromatic rings. The summed E-state index contributed by atoms with van der Waals surface area (Å²) in [6, 6.07) is 8.55. The van der Waals surface area contributed by atoms with E-state index in [0.717, 1.165) is 25.1 Å². The first kappa shape index (κ1) is 13.6. The van der Waals surface area contributed by atoms with Crippen LogP contribution in [0.2, 0.25) is 0 Å². The fourth-order valence-corrected chi connectivity index (χ4v) is 2.47. The molecule has 2 heterocycles. The number of nitrogens with zero attached hydrogens (tertiary/aromatic N) is 4. The highest BCUT2D eigenvalue weighted by Crippen LogP contribution is 2.32. The number of hydrazine groups is 1. The minimum absolute atomic E-state index is 0.276. The zero-order valence-electron chi connectivity index (χ0n) is 11.9. The minimum atomic E-state index is 0.276. The van der Waals surface area contributed by atoms with E-state index >= 15 is 0 Å². The van der Waals surface area contributed by atoms with Crippen molar-refractivity contribution in [2.75, 3.05) is 23.5 Å². The second-order valence-electron chi connectivity index (χ2n) is 4.70. The van der Waals surface area contributed by atoms with Gasteiger partial charge in [0.25, 0.3) is 0 Å². The van der Waals surface area contributed by atoms with Crippen LogP contribution in [0.5, 0.6) is 6.01 Å². The van der Waals surface area contributed by atoms with E-state index < -0.39 is 0 Å². The quantitative estimate of drug-likeness (QED) is 0.652. The van der Waals surface area contributed by atoms with Crippen LogP contribution in [0.25, 0.3) is 0 Å². The fraction of sp³-hybridized carbons (Fsp3) is 0.357. The third kappa shape index (κ3) is 2.73. The first-order chi connectivity index (χ1) is 10.3. The van der Waals surface area contributed by atoms with Gasteiger partial charge >= 0.3 is 6.01 Å². The number of anilines is 3. The molecule has 3 N–H and O–H groups in total. The van der Waals surface area contributed by atoms with E-state index in [4.69, 9.17) is 10.6 Å². The van der Waals surface area contributed by atoms with Gasteiger partial charge in [-0.05, 0) is 31.4 Å². The number of fused-ring (bicyclic) bond motifs is 1. The van der Waals surface area contributed by atoms with E-state index in [0.29, 0.717) is 18.5 Å². The number of aromatic nitrogens is 3. The van der Waals surface area contributed by atoms with Gasteiger partial charge in [-0.2, -0.15) is 15.0 Å². The molecule has 7 heteroatoms. The lowest BCUT2D eigenvalue weighted by Crippen LogP contribution is -2.27. The maximum absolute atomic E-state index is 5.43. The van der Waals surface area contributed by atoms with Crippen LogP contribution in [-0.4, -0.2) is 28.1 Å². The highest BCUT2D eigenvalue weighted by atomic mass is 16.5. The summed E-state index contributed by atoms with van der Waals surface area (Å²) in [5, 5.41) is 0. The van der Waals surface area contributed by atoms with Gasteiger partial charge < -0.3 is 9.64 Å². The number of ether oxygens (including phenoxy) is 1. The number of rotatable bonds is 4. The summed E-state index contributed by atoms with van der Waals surface area (Å²) < 4.78 is 5.38. The Labute approximate surface area is 123 Å². The van der Waals surface area contributed by atoms with Gasteiger partial charge in [0.15, 0.2) is 0 Å². The molecule has 110 valence electrons. The molecule has 0 amide bonds. The van der Waals surface area contributed by atoms with Gasteiger partial charge in [0, 0.05) is 12.2 Å². The normalized spacial score (nSPS) is 13.7. The zero-order chi connectivity index (χ0) is 14.7. The molecule has 0 saturated heterocycles. The van der Waals surface area contributed by atoms with E-state index in [1.807, 2.05) is 19.1 Å². The molecule has 1 aliphatic rings. The average Bonchev–Trinajstić information content (AvgIpc) is 2.54. The van der Waals surface area contributed by atoms with E-state index in [9.17, 15) is 0 Å². The summed E-state index contributed by atoms with van der Waals surface area (Å²) >= 11 is 0. The van der Waals surface area contributed by atoms with Crippen LogP contribution in [0.3, 0.4) is 0 Å². The smallest absolute Gasteiger partial charge is 0.323 e. The van der Waals surface area contributed by atoms with Crippen LogP contribution < -0.4 is 20.9 Å². The fourth-order valence-electron chi connectivity index (χ4n) is 2.47. The number of nitrogens with one attached hydrogen (secondary N) is 1. The van der Waals surface area contributed by atoms with Gasteiger partial charge in [-0.1, -0.05) is 18.2 Å². The first-order valence-electron chi connectivity index (χ1n) is 7.02. The highest BCUT2D eigenvalue weighted by molar-refractivity contribution is 5.63. The van der Waals surface area contributed by atoms with Crippen molar-refractivity contribution in [2.45, 2.75) is 19.8 Å². The van der Waals surface area contributed by atoms with Crippen LogP contribution >= 0.6 is 0 Å². The summed E-state index contributed by atoms with van der Waals surface area (Å²) in [7, 11) is 0. The molecule has 0 spiro atoms. The summed E-state index contributed by atoms with van der Waals surface area (Å²) in [5.41, 5.74) is 4.88. The van der Waals surface area contributed by atoms with Gasteiger partial charge in [0.1, 0.15) is 0 Å². The van der Waals surface area contributed by atoms with Crippen LogP contribution in [0.15, 0.2) is 24.3 Å². The maximum atomic E-state index is 5.43. The van der Waals surface area contributed by atoms with Gasteiger partial charge in [0.05, 0.1) is 6.61 Å². The molecule has 0 saturated carbocycles. The van der Waals surface area contributed by atoms with Crippen molar-refractivity contribution < 1.29 is 4.74 Å². The van der Waals surface area contributed by atoms with Gasteiger partial charge in [-0.15, -0.1) is 0 Å². The van der Waals surface area contributed by atoms with Crippen molar-refractivity contribution in [1.82, 2.24) is 15.0 Å². The minimum Gasteiger partial charge on any atom is -0.464 e.